The van der Waals surface area contributed by atoms with Crippen LogP contribution in [0.15, 0.2) is 18.2 Å². The van der Waals surface area contributed by atoms with E-state index in [0.29, 0.717) is 25.7 Å². The SMILES string of the molecule is Cc1cccc(CCCCCC2(C(=O)N3Cc4c(C)nn(COCC[Si](C)(C)C)c4C3)CCCC2)n1. The summed E-state index contributed by atoms with van der Waals surface area (Å²) in [5.41, 5.74) is 5.56. The first-order valence-corrected chi connectivity index (χ1v) is 17.7. The van der Waals surface area contributed by atoms with Gasteiger partial charge in [-0.15, -0.1) is 0 Å². The molecule has 36 heavy (non-hydrogen) atoms. The molecule has 0 aromatic carbocycles. The lowest BCUT2D eigenvalue weighted by atomic mass is 9.79. The summed E-state index contributed by atoms with van der Waals surface area (Å²) in [5.74, 6) is 0.377. The zero-order valence-electron chi connectivity index (χ0n) is 23.2. The van der Waals surface area contributed by atoms with Crippen LogP contribution >= 0.6 is 0 Å². The number of aryl methyl sites for hydroxylation is 3. The molecule has 0 N–H and O–H groups in total. The number of aromatic nitrogens is 3. The molecule has 7 heteroatoms. The molecule has 2 aromatic heterocycles. The van der Waals surface area contributed by atoms with Crippen LogP contribution in [0, 0.1) is 19.3 Å². The highest BCUT2D eigenvalue weighted by Gasteiger charge is 2.44. The van der Waals surface area contributed by atoms with Gasteiger partial charge in [-0.05, 0) is 64.1 Å². The van der Waals surface area contributed by atoms with Crippen molar-refractivity contribution in [2.45, 2.75) is 117 Å². The summed E-state index contributed by atoms with van der Waals surface area (Å²) in [6, 6.07) is 7.43. The molecular formula is C29H46N4O2Si. The molecule has 4 rings (SSSR count). The average Bonchev–Trinajstić information content (AvgIpc) is 3.53. The molecule has 2 aromatic rings. The Morgan fingerprint density at radius 2 is 1.86 bits per heavy atom. The third-order valence-electron chi connectivity index (χ3n) is 8.10. The largest absolute Gasteiger partial charge is 0.360 e. The second-order valence-corrected chi connectivity index (χ2v) is 18.0. The summed E-state index contributed by atoms with van der Waals surface area (Å²) in [4.78, 5) is 20.7. The molecule has 0 saturated heterocycles. The van der Waals surface area contributed by atoms with Crippen LogP contribution in [0.1, 0.15) is 79.7 Å². The van der Waals surface area contributed by atoms with Crippen molar-refractivity contribution in [1.29, 1.82) is 0 Å². The first-order chi connectivity index (χ1) is 17.2. The molecule has 0 unspecified atom stereocenters. The van der Waals surface area contributed by atoms with E-state index < -0.39 is 8.07 Å². The second-order valence-electron chi connectivity index (χ2n) is 12.3. The van der Waals surface area contributed by atoms with Crippen molar-refractivity contribution < 1.29 is 9.53 Å². The maximum absolute atomic E-state index is 13.9. The van der Waals surface area contributed by atoms with Gasteiger partial charge in [0.25, 0.3) is 0 Å². The molecule has 0 radical (unpaired) electrons. The fourth-order valence-corrected chi connectivity index (χ4v) is 6.66. The minimum absolute atomic E-state index is 0.162. The number of amides is 1. The van der Waals surface area contributed by atoms with E-state index >= 15 is 0 Å². The number of hydrogen-bond acceptors (Lipinski definition) is 4. The lowest BCUT2D eigenvalue weighted by Crippen LogP contribution is -2.40. The van der Waals surface area contributed by atoms with Gasteiger partial charge in [0.15, 0.2) is 0 Å². The number of carbonyl (C=O) groups excluding carboxylic acids is 1. The van der Waals surface area contributed by atoms with Crippen molar-refractivity contribution in [3.8, 4) is 0 Å². The number of rotatable bonds is 12. The van der Waals surface area contributed by atoms with Gasteiger partial charge in [0, 0.05) is 43.6 Å². The highest BCUT2D eigenvalue weighted by molar-refractivity contribution is 6.76. The molecule has 0 bridgehead atoms. The van der Waals surface area contributed by atoms with Gasteiger partial charge in [0.2, 0.25) is 5.91 Å². The Bertz CT molecular complexity index is 1040. The van der Waals surface area contributed by atoms with Crippen molar-refractivity contribution >= 4 is 14.0 Å². The predicted octanol–water partition coefficient (Wildman–Crippen LogP) is 6.41. The number of hydrogen-bond donors (Lipinski definition) is 0. The fraction of sp³-hybridized carbons (Fsp3) is 0.690. The van der Waals surface area contributed by atoms with E-state index in [0.717, 1.165) is 69.0 Å². The standard InChI is InChI=1S/C29H46N4O2Si/c1-23-12-11-14-25(30-23)13-7-6-8-15-29(16-9-10-17-29)28(34)32-20-26-24(2)31-33(27(26)21-32)22-35-18-19-36(3,4)5/h11-12,14H,6-10,13,15-22H2,1-5H3. The molecular weight excluding hydrogens is 464 g/mol. The van der Waals surface area contributed by atoms with Crippen LogP contribution in [0.25, 0.3) is 0 Å². The van der Waals surface area contributed by atoms with Crippen LogP contribution in [-0.4, -0.2) is 40.3 Å². The number of fused-ring (bicyclic) bond motifs is 1. The number of nitrogens with zero attached hydrogens (tertiary/aromatic N) is 4. The highest BCUT2D eigenvalue weighted by atomic mass is 28.3. The van der Waals surface area contributed by atoms with Crippen molar-refractivity contribution in [3.63, 3.8) is 0 Å². The number of unbranched alkanes of at least 4 members (excludes halogenated alkanes) is 2. The van der Waals surface area contributed by atoms with Crippen molar-refractivity contribution in [2.24, 2.45) is 5.41 Å². The van der Waals surface area contributed by atoms with Crippen LogP contribution in [0.4, 0.5) is 0 Å². The quantitative estimate of drug-likeness (QED) is 0.244. The average molecular weight is 511 g/mol. The molecule has 0 spiro atoms. The lowest BCUT2D eigenvalue weighted by molar-refractivity contribution is -0.143. The second kappa shape index (κ2) is 11.6. The third kappa shape index (κ3) is 6.65. The number of ether oxygens (including phenoxy) is 1. The first kappa shape index (κ1) is 27.1. The summed E-state index contributed by atoms with van der Waals surface area (Å²) >= 11 is 0. The molecule has 1 saturated carbocycles. The Balaban J connectivity index is 1.30. The van der Waals surface area contributed by atoms with E-state index in [4.69, 9.17) is 9.84 Å². The molecule has 198 valence electrons. The van der Waals surface area contributed by atoms with Crippen molar-refractivity contribution in [3.05, 3.63) is 46.5 Å². The van der Waals surface area contributed by atoms with Gasteiger partial charge in [-0.3, -0.25) is 9.78 Å². The monoisotopic (exact) mass is 510 g/mol. The van der Waals surface area contributed by atoms with Crippen LogP contribution in [0.2, 0.25) is 25.7 Å². The smallest absolute Gasteiger partial charge is 0.229 e. The third-order valence-corrected chi connectivity index (χ3v) is 9.81. The summed E-state index contributed by atoms with van der Waals surface area (Å²) < 4.78 is 7.99. The number of pyridine rings is 1. The molecule has 1 aliphatic heterocycles. The van der Waals surface area contributed by atoms with Crippen molar-refractivity contribution in [1.82, 2.24) is 19.7 Å². The van der Waals surface area contributed by atoms with Crippen LogP contribution in [0.5, 0.6) is 0 Å². The summed E-state index contributed by atoms with van der Waals surface area (Å²) in [6.45, 7) is 13.9. The van der Waals surface area contributed by atoms with Crippen LogP contribution < -0.4 is 0 Å². The normalized spacial score (nSPS) is 17.1. The Morgan fingerprint density at radius 1 is 1.08 bits per heavy atom. The minimum Gasteiger partial charge on any atom is -0.360 e. The lowest BCUT2D eigenvalue weighted by Gasteiger charge is -2.32. The summed E-state index contributed by atoms with van der Waals surface area (Å²) in [6.07, 6.45) is 9.91. The molecule has 3 heterocycles. The van der Waals surface area contributed by atoms with Crippen LogP contribution in [0.3, 0.4) is 0 Å². The molecule has 1 fully saturated rings. The van der Waals surface area contributed by atoms with Gasteiger partial charge in [0.1, 0.15) is 6.73 Å². The van der Waals surface area contributed by atoms with E-state index in [1.807, 2.05) is 4.68 Å². The van der Waals surface area contributed by atoms with E-state index in [-0.39, 0.29) is 5.41 Å². The summed E-state index contributed by atoms with van der Waals surface area (Å²) in [5, 5.41) is 4.74. The van der Waals surface area contributed by atoms with Gasteiger partial charge in [0.05, 0.1) is 17.9 Å². The molecule has 1 amide bonds. The maximum atomic E-state index is 13.9. The van der Waals surface area contributed by atoms with Gasteiger partial charge in [-0.1, -0.05) is 51.4 Å². The van der Waals surface area contributed by atoms with Gasteiger partial charge in [-0.25, -0.2) is 4.68 Å². The van der Waals surface area contributed by atoms with Crippen LogP contribution in [-0.2, 0) is 35.8 Å². The minimum atomic E-state index is -1.11. The van der Waals surface area contributed by atoms with Gasteiger partial charge >= 0.3 is 0 Å². The summed E-state index contributed by atoms with van der Waals surface area (Å²) in [7, 11) is -1.11. The Hall–Kier alpha value is -1.99. The van der Waals surface area contributed by atoms with Gasteiger partial charge < -0.3 is 9.64 Å². The number of carbonyl (C=O) groups is 1. The van der Waals surface area contributed by atoms with Gasteiger partial charge in [-0.2, -0.15) is 5.10 Å². The van der Waals surface area contributed by atoms with E-state index in [9.17, 15) is 4.79 Å². The fourth-order valence-electron chi connectivity index (χ4n) is 5.90. The Labute approximate surface area is 218 Å². The Morgan fingerprint density at radius 3 is 2.58 bits per heavy atom. The maximum Gasteiger partial charge on any atom is 0.229 e. The highest BCUT2D eigenvalue weighted by Crippen LogP contribution is 2.45. The van der Waals surface area contributed by atoms with E-state index in [2.05, 4.69) is 61.6 Å². The predicted molar refractivity (Wildman–Crippen MR) is 147 cm³/mol. The van der Waals surface area contributed by atoms with E-state index in [1.165, 1.54) is 29.8 Å². The first-order valence-electron chi connectivity index (χ1n) is 14.0. The zero-order chi connectivity index (χ0) is 25.8. The topological polar surface area (TPSA) is 60.2 Å². The molecule has 6 nitrogen and oxygen atoms in total. The molecule has 2 aliphatic rings. The zero-order valence-corrected chi connectivity index (χ0v) is 24.2. The molecule has 1 aliphatic carbocycles. The Kier molecular flexibility index (Phi) is 8.71. The van der Waals surface area contributed by atoms with Crippen molar-refractivity contribution in [2.75, 3.05) is 6.61 Å². The molecule has 0 atom stereocenters. The van der Waals surface area contributed by atoms with E-state index in [1.54, 1.807) is 0 Å².